The minimum absolute atomic E-state index is 0.150. The summed E-state index contributed by atoms with van der Waals surface area (Å²) in [5.41, 5.74) is 2.50. The van der Waals surface area contributed by atoms with E-state index in [1.807, 2.05) is 29.2 Å². The highest BCUT2D eigenvalue weighted by Gasteiger charge is 2.33. The first-order chi connectivity index (χ1) is 12.2. The van der Waals surface area contributed by atoms with Crippen LogP contribution < -0.4 is 4.90 Å². The van der Waals surface area contributed by atoms with Crippen LogP contribution in [0.2, 0.25) is 5.02 Å². The van der Waals surface area contributed by atoms with Crippen molar-refractivity contribution < 1.29 is 9.53 Å². The van der Waals surface area contributed by atoms with Crippen molar-refractivity contribution >= 4 is 34.6 Å². The molecule has 1 saturated heterocycles. The van der Waals surface area contributed by atoms with Gasteiger partial charge in [0.1, 0.15) is 0 Å². The Morgan fingerprint density at radius 1 is 1.24 bits per heavy atom. The number of nitrogens with zero attached hydrogens (tertiary/aromatic N) is 3. The molecule has 3 aliphatic rings. The van der Waals surface area contributed by atoms with Crippen LogP contribution in [0.15, 0.2) is 35.3 Å². The van der Waals surface area contributed by atoms with Gasteiger partial charge < -0.3 is 9.64 Å². The van der Waals surface area contributed by atoms with Crippen molar-refractivity contribution in [2.24, 2.45) is 10.9 Å². The van der Waals surface area contributed by atoms with Crippen LogP contribution in [0.4, 0.5) is 11.4 Å². The largest absolute Gasteiger partial charge is 0.379 e. The maximum atomic E-state index is 13.2. The number of benzene rings is 1. The molecule has 0 radical (unpaired) electrons. The van der Waals surface area contributed by atoms with Gasteiger partial charge >= 0.3 is 0 Å². The zero-order chi connectivity index (χ0) is 17.2. The number of morpholine rings is 1. The van der Waals surface area contributed by atoms with Crippen molar-refractivity contribution in [1.29, 1.82) is 0 Å². The molecule has 1 amide bonds. The summed E-state index contributed by atoms with van der Waals surface area (Å²) in [5, 5.41) is 0.641. The minimum atomic E-state index is -0.152. The summed E-state index contributed by atoms with van der Waals surface area (Å²) < 4.78 is 5.41. The number of allylic oxidation sites excluding steroid dienone is 2. The third-order valence-electron chi connectivity index (χ3n) is 5.05. The van der Waals surface area contributed by atoms with Crippen LogP contribution >= 0.6 is 11.6 Å². The summed E-state index contributed by atoms with van der Waals surface area (Å²) in [6, 6.07) is 5.60. The van der Waals surface area contributed by atoms with Gasteiger partial charge in [0.15, 0.2) is 0 Å². The second kappa shape index (κ2) is 7.28. The molecule has 1 aromatic carbocycles. The quantitative estimate of drug-likeness (QED) is 0.833. The second-order valence-electron chi connectivity index (χ2n) is 6.65. The SMILES string of the molecule is O=C1C2CCC=CC2=Nc2cc(Cl)ccc2N1CCN1CCOCC1. The molecule has 6 heteroatoms. The Morgan fingerprint density at radius 3 is 2.92 bits per heavy atom. The monoisotopic (exact) mass is 359 g/mol. The van der Waals surface area contributed by atoms with Crippen molar-refractivity contribution in [3.63, 3.8) is 0 Å². The minimum Gasteiger partial charge on any atom is -0.379 e. The molecule has 1 aromatic rings. The number of hydrogen-bond acceptors (Lipinski definition) is 4. The van der Waals surface area contributed by atoms with Gasteiger partial charge in [0.25, 0.3) is 0 Å². The lowest BCUT2D eigenvalue weighted by molar-refractivity contribution is -0.120. The Bertz CT molecular complexity index is 725. The highest BCUT2D eigenvalue weighted by Crippen LogP contribution is 2.37. The number of hydrogen-bond donors (Lipinski definition) is 0. The lowest BCUT2D eigenvalue weighted by atomic mass is 9.91. The van der Waals surface area contributed by atoms with Crippen LogP contribution in [0.1, 0.15) is 12.8 Å². The van der Waals surface area contributed by atoms with Gasteiger partial charge in [-0.05, 0) is 37.1 Å². The lowest BCUT2D eigenvalue weighted by Crippen LogP contribution is -2.45. The molecule has 0 saturated carbocycles. The van der Waals surface area contributed by atoms with E-state index in [2.05, 4.69) is 11.0 Å². The molecule has 4 rings (SSSR count). The van der Waals surface area contributed by atoms with Gasteiger partial charge in [0.2, 0.25) is 5.91 Å². The van der Waals surface area contributed by atoms with Gasteiger partial charge in [-0.15, -0.1) is 0 Å². The first kappa shape index (κ1) is 16.8. The van der Waals surface area contributed by atoms with Crippen molar-refractivity contribution in [2.45, 2.75) is 12.8 Å². The molecule has 2 heterocycles. The number of aliphatic imine (C=N–C) groups is 1. The zero-order valence-corrected chi connectivity index (χ0v) is 14.9. The van der Waals surface area contributed by atoms with Crippen LogP contribution in [0.5, 0.6) is 0 Å². The highest BCUT2D eigenvalue weighted by atomic mass is 35.5. The van der Waals surface area contributed by atoms with Crippen molar-refractivity contribution in [3.8, 4) is 0 Å². The molecule has 132 valence electrons. The first-order valence-electron chi connectivity index (χ1n) is 8.88. The maximum absolute atomic E-state index is 13.2. The summed E-state index contributed by atoms with van der Waals surface area (Å²) >= 11 is 6.18. The Hall–Kier alpha value is -1.69. The van der Waals surface area contributed by atoms with Gasteiger partial charge in [0, 0.05) is 31.2 Å². The predicted octanol–water partition coefficient (Wildman–Crippen LogP) is 3.06. The van der Waals surface area contributed by atoms with Crippen LogP contribution in [-0.4, -0.2) is 55.9 Å². The standard InChI is InChI=1S/C19H22ClN3O2/c20-14-5-6-18-17(13-14)21-16-4-2-1-3-15(16)19(24)23(18)8-7-22-9-11-25-12-10-22/h2,4-6,13,15H,1,3,7-12H2. The molecule has 0 aromatic heterocycles. The summed E-state index contributed by atoms with van der Waals surface area (Å²) in [5.74, 6) is -0.00158. The predicted molar refractivity (Wildman–Crippen MR) is 100 cm³/mol. The maximum Gasteiger partial charge on any atom is 0.236 e. The van der Waals surface area contributed by atoms with Crippen LogP contribution in [0.25, 0.3) is 0 Å². The van der Waals surface area contributed by atoms with E-state index in [9.17, 15) is 4.79 Å². The molecule has 0 spiro atoms. The third-order valence-corrected chi connectivity index (χ3v) is 5.29. The van der Waals surface area contributed by atoms with Gasteiger partial charge in [0.05, 0.1) is 36.2 Å². The summed E-state index contributed by atoms with van der Waals surface area (Å²) in [4.78, 5) is 22.3. The molecule has 1 fully saturated rings. The van der Waals surface area contributed by atoms with Crippen molar-refractivity contribution in [3.05, 3.63) is 35.4 Å². The smallest absolute Gasteiger partial charge is 0.236 e. The molecule has 5 nitrogen and oxygen atoms in total. The van der Waals surface area contributed by atoms with E-state index in [0.717, 1.165) is 62.8 Å². The van der Waals surface area contributed by atoms with E-state index in [-0.39, 0.29) is 11.8 Å². The molecule has 1 unspecified atom stereocenters. The number of amides is 1. The number of carbonyl (C=O) groups is 1. The zero-order valence-electron chi connectivity index (χ0n) is 14.2. The Morgan fingerprint density at radius 2 is 2.08 bits per heavy atom. The Kier molecular flexibility index (Phi) is 4.88. The third kappa shape index (κ3) is 3.50. The molecular formula is C19H22ClN3O2. The van der Waals surface area contributed by atoms with E-state index >= 15 is 0 Å². The summed E-state index contributed by atoms with van der Waals surface area (Å²) in [6.07, 6.45) is 5.83. The summed E-state index contributed by atoms with van der Waals surface area (Å²) in [7, 11) is 0. The molecular weight excluding hydrogens is 338 g/mol. The van der Waals surface area contributed by atoms with E-state index in [1.165, 1.54) is 0 Å². The average Bonchev–Trinajstić information content (AvgIpc) is 2.75. The first-order valence-corrected chi connectivity index (χ1v) is 9.26. The van der Waals surface area contributed by atoms with Gasteiger partial charge in [-0.1, -0.05) is 17.7 Å². The molecule has 1 atom stereocenters. The number of fused-ring (bicyclic) bond motifs is 2. The highest BCUT2D eigenvalue weighted by molar-refractivity contribution is 6.31. The topological polar surface area (TPSA) is 45.1 Å². The van der Waals surface area contributed by atoms with Crippen LogP contribution in [0.3, 0.4) is 0 Å². The Labute approximate surface area is 152 Å². The fourth-order valence-electron chi connectivity index (χ4n) is 3.65. The Balaban J connectivity index is 1.64. The molecule has 25 heavy (non-hydrogen) atoms. The molecule has 0 N–H and O–H groups in total. The van der Waals surface area contributed by atoms with Crippen molar-refractivity contribution in [1.82, 2.24) is 4.90 Å². The number of ether oxygens (including phenoxy) is 1. The lowest BCUT2D eigenvalue weighted by Gasteiger charge is -2.31. The van der Waals surface area contributed by atoms with Gasteiger partial charge in [-0.3, -0.25) is 14.7 Å². The normalized spacial score (nSPS) is 23.7. The number of carbonyl (C=O) groups excluding carboxylic acids is 1. The van der Waals surface area contributed by atoms with Crippen LogP contribution in [0, 0.1) is 5.92 Å². The van der Waals surface area contributed by atoms with Crippen molar-refractivity contribution in [2.75, 3.05) is 44.3 Å². The number of anilines is 1. The number of halogens is 1. The summed E-state index contributed by atoms with van der Waals surface area (Å²) in [6.45, 7) is 4.88. The van der Waals surface area contributed by atoms with Gasteiger partial charge in [-0.25, -0.2) is 0 Å². The second-order valence-corrected chi connectivity index (χ2v) is 7.08. The van der Waals surface area contributed by atoms with E-state index < -0.39 is 0 Å². The number of rotatable bonds is 3. The molecule has 2 aliphatic heterocycles. The molecule has 0 bridgehead atoms. The molecule has 1 aliphatic carbocycles. The van der Waals surface area contributed by atoms with Gasteiger partial charge in [-0.2, -0.15) is 0 Å². The average molecular weight is 360 g/mol. The van der Waals surface area contributed by atoms with E-state index in [1.54, 1.807) is 0 Å². The fourth-order valence-corrected chi connectivity index (χ4v) is 3.82. The van der Waals surface area contributed by atoms with E-state index in [0.29, 0.717) is 11.6 Å². The fraction of sp³-hybridized carbons (Fsp3) is 0.474. The van der Waals surface area contributed by atoms with Crippen LogP contribution in [-0.2, 0) is 9.53 Å². The van der Waals surface area contributed by atoms with E-state index in [4.69, 9.17) is 21.3 Å².